The van der Waals surface area contributed by atoms with Gasteiger partial charge in [0.05, 0.1) is 11.3 Å². The van der Waals surface area contributed by atoms with Gasteiger partial charge in [-0.25, -0.2) is 0 Å². The molecule has 0 aliphatic rings. The number of carbonyl (C=O) groups excluding carboxylic acids is 2. The Hall–Kier alpha value is -1.79. The summed E-state index contributed by atoms with van der Waals surface area (Å²) in [4.78, 5) is 25.2. The van der Waals surface area contributed by atoms with Crippen LogP contribution in [0.5, 0.6) is 0 Å². The number of hydrogen-bond donors (Lipinski definition) is 2. The fourth-order valence-electron chi connectivity index (χ4n) is 2.21. The molecule has 0 spiro atoms. The summed E-state index contributed by atoms with van der Waals surface area (Å²) in [5.41, 5.74) is 2.35. The van der Waals surface area contributed by atoms with Crippen LogP contribution in [0, 0.1) is 6.92 Å². The number of halogens is 1. The van der Waals surface area contributed by atoms with Crippen LogP contribution >= 0.6 is 27.7 Å². The molecule has 0 bridgehead atoms. The highest BCUT2D eigenvalue weighted by Gasteiger charge is 2.13. The van der Waals surface area contributed by atoms with Crippen molar-refractivity contribution < 1.29 is 9.59 Å². The van der Waals surface area contributed by atoms with Crippen molar-refractivity contribution in [2.75, 3.05) is 11.1 Å². The monoisotopic (exact) mass is 420 g/mol. The van der Waals surface area contributed by atoms with Crippen molar-refractivity contribution in [2.24, 2.45) is 0 Å². The third kappa shape index (κ3) is 5.90. The predicted molar refractivity (Wildman–Crippen MR) is 107 cm³/mol. The number of hydrogen-bond acceptors (Lipinski definition) is 3. The zero-order valence-electron chi connectivity index (χ0n) is 14.4. The van der Waals surface area contributed by atoms with Gasteiger partial charge in [-0.05, 0) is 56.7 Å². The molecule has 0 saturated carbocycles. The molecule has 2 rings (SSSR count). The Morgan fingerprint density at radius 3 is 2.56 bits per heavy atom. The minimum Gasteiger partial charge on any atom is -0.353 e. The van der Waals surface area contributed by atoms with Gasteiger partial charge in [0.1, 0.15) is 0 Å². The van der Waals surface area contributed by atoms with Crippen LogP contribution in [0.2, 0.25) is 0 Å². The third-order valence-corrected chi connectivity index (χ3v) is 5.32. The Labute approximate surface area is 160 Å². The average Bonchev–Trinajstić information content (AvgIpc) is 2.56. The molecule has 2 amide bonds. The topological polar surface area (TPSA) is 58.2 Å². The van der Waals surface area contributed by atoms with Crippen molar-refractivity contribution >= 4 is 45.2 Å². The van der Waals surface area contributed by atoms with E-state index in [4.69, 9.17) is 0 Å². The number of amides is 2. The molecule has 0 aromatic heterocycles. The van der Waals surface area contributed by atoms with Crippen LogP contribution in [0.15, 0.2) is 51.8 Å². The lowest BCUT2D eigenvalue weighted by molar-refractivity contribution is -0.119. The van der Waals surface area contributed by atoms with Crippen LogP contribution in [-0.2, 0) is 4.79 Å². The highest BCUT2D eigenvalue weighted by atomic mass is 79.9. The SMILES string of the molecule is Cc1cc(NC(=O)c2ccccc2SCC(=O)NC(C)C)ccc1Br. The maximum absolute atomic E-state index is 12.6. The molecular weight excluding hydrogens is 400 g/mol. The standard InChI is InChI=1S/C19H21BrN2O2S/c1-12(2)21-18(23)11-25-17-7-5-4-6-15(17)19(24)22-14-8-9-16(20)13(3)10-14/h4-10,12H,11H2,1-3H3,(H,21,23)(H,22,24). The summed E-state index contributed by atoms with van der Waals surface area (Å²) >= 11 is 4.81. The van der Waals surface area contributed by atoms with Gasteiger partial charge in [-0.15, -0.1) is 11.8 Å². The Balaban J connectivity index is 2.09. The summed E-state index contributed by atoms with van der Waals surface area (Å²) in [5.74, 6) is 0.0488. The van der Waals surface area contributed by atoms with Crippen LogP contribution in [0.1, 0.15) is 29.8 Å². The lowest BCUT2D eigenvalue weighted by atomic mass is 10.2. The summed E-state index contributed by atoms with van der Waals surface area (Å²) in [6.45, 7) is 5.81. The van der Waals surface area contributed by atoms with Gasteiger partial charge < -0.3 is 10.6 Å². The van der Waals surface area contributed by atoms with Gasteiger partial charge in [-0.3, -0.25) is 9.59 Å². The molecule has 0 unspecified atom stereocenters. The summed E-state index contributed by atoms with van der Waals surface area (Å²) in [6, 6.07) is 13.1. The summed E-state index contributed by atoms with van der Waals surface area (Å²) in [7, 11) is 0. The van der Waals surface area contributed by atoms with Crippen molar-refractivity contribution in [1.82, 2.24) is 5.32 Å². The maximum atomic E-state index is 12.6. The molecule has 132 valence electrons. The number of carbonyl (C=O) groups is 2. The maximum Gasteiger partial charge on any atom is 0.256 e. The minimum atomic E-state index is -0.186. The normalized spacial score (nSPS) is 10.6. The molecule has 25 heavy (non-hydrogen) atoms. The second kappa shape index (κ2) is 9.06. The number of aryl methyl sites for hydroxylation is 1. The number of nitrogens with one attached hydrogen (secondary N) is 2. The van der Waals surface area contributed by atoms with Crippen molar-refractivity contribution in [2.45, 2.75) is 31.7 Å². The third-order valence-electron chi connectivity index (χ3n) is 3.36. The Kier molecular flexibility index (Phi) is 7.08. The highest BCUT2D eigenvalue weighted by molar-refractivity contribution is 9.10. The lowest BCUT2D eigenvalue weighted by Crippen LogP contribution is -2.31. The van der Waals surface area contributed by atoms with E-state index in [0.29, 0.717) is 5.56 Å². The van der Waals surface area contributed by atoms with Crippen LogP contribution < -0.4 is 10.6 Å². The molecular formula is C19H21BrN2O2S. The minimum absolute atomic E-state index is 0.0428. The first-order valence-electron chi connectivity index (χ1n) is 7.95. The van der Waals surface area contributed by atoms with Gasteiger partial charge in [0.15, 0.2) is 0 Å². The summed E-state index contributed by atoms with van der Waals surface area (Å²) < 4.78 is 0.998. The second-order valence-electron chi connectivity index (χ2n) is 5.93. The number of benzene rings is 2. The largest absolute Gasteiger partial charge is 0.353 e. The molecule has 0 saturated heterocycles. The number of anilines is 1. The van der Waals surface area contributed by atoms with E-state index in [9.17, 15) is 9.59 Å². The molecule has 0 heterocycles. The van der Waals surface area contributed by atoms with Crippen LogP contribution in [0.3, 0.4) is 0 Å². The smallest absolute Gasteiger partial charge is 0.256 e. The van der Waals surface area contributed by atoms with Gasteiger partial charge in [-0.2, -0.15) is 0 Å². The van der Waals surface area contributed by atoms with Gasteiger partial charge in [-0.1, -0.05) is 28.1 Å². The molecule has 0 radical (unpaired) electrons. The van der Waals surface area contributed by atoms with Gasteiger partial charge in [0.25, 0.3) is 5.91 Å². The molecule has 6 heteroatoms. The molecule has 0 aliphatic heterocycles. The van der Waals surface area contributed by atoms with E-state index in [1.54, 1.807) is 6.07 Å². The van der Waals surface area contributed by atoms with Crippen molar-refractivity contribution in [1.29, 1.82) is 0 Å². The van der Waals surface area contributed by atoms with Crippen molar-refractivity contribution in [3.63, 3.8) is 0 Å². The van der Waals surface area contributed by atoms with Crippen LogP contribution in [-0.4, -0.2) is 23.6 Å². The van der Waals surface area contributed by atoms with E-state index in [-0.39, 0.29) is 23.6 Å². The lowest BCUT2D eigenvalue weighted by Gasteiger charge is -2.12. The van der Waals surface area contributed by atoms with Crippen LogP contribution in [0.4, 0.5) is 5.69 Å². The van der Waals surface area contributed by atoms with E-state index in [0.717, 1.165) is 20.6 Å². The second-order valence-corrected chi connectivity index (χ2v) is 7.80. The highest BCUT2D eigenvalue weighted by Crippen LogP contribution is 2.25. The van der Waals surface area contributed by atoms with Crippen LogP contribution in [0.25, 0.3) is 0 Å². The summed E-state index contributed by atoms with van der Waals surface area (Å²) in [6.07, 6.45) is 0. The first-order chi connectivity index (χ1) is 11.9. The number of thioether (sulfide) groups is 1. The van der Waals surface area contributed by atoms with Gasteiger partial charge in [0.2, 0.25) is 5.91 Å². The number of rotatable bonds is 6. The zero-order chi connectivity index (χ0) is 18.4. The van der Waals surface area contributed by atoms with E-state index in [2.05, 4.69) is 26.6 Å². The Bertz CT molecular complexity index is 778. The molecule has 0 fully saturated rings. The first kappa shape index (κ1) is 19.5. The fourth-order valence-corrected chi connectivity index (χ4v) is 3.32. The fraction of sp³-hybridized carbons (Fsp3) is 0.263. The first-order valence-corrected chi connectivity index (χ1v) is 9.73. The summed E-state index contributed by atoms with van der Waals surface area (Å²) in [5, 5.41) is 5.76. The van der Waals surface area contributed by atoms with E-state index < -0.39 is 0 Å². The van der Waals surface area contributed by atoms with E-state index in [1.807, 2.05) is 57.2 Å². The quantitative estimate of drug-likeness (QED) is 0.669. The predicted octanol–water partition coefficient (Wildman–Crippen LogP) is 4.63. The van der Waals surface area contributed by atoms with E-state index in [1.165, 1.54) is 11.8 Å². The van der Waals surface area contributed by atoms with Crippen molar-refractivity contribution in [3.8, 4) is 0 Å². The van der Waals surface area contributed by atoms with Crippen molar-refractivity contribution in [3.05, 3.63) is 58.1 Å². The molecule has 0 atom stereocenters. The molecule has 2 aromatic carbocycles. The molecule has 2 N–H and O–H groups in total. The van der Waals surface area contributed by atoms with Gasteiger partial charge in [0, 0.05) is 21.1 Å². The molecule has 2 aromatic rings. The average molecular weight is 421 g/mol. The van der Waals surface area contributed by atoms with E-state index >= 15 is 0 Å². The Morgan fingerprint density at radius 2 is 1.88 bits per heavy atom. The molecule has 4 nitrogen and oxygen atoms in total. The van der Waals surface area contributed by atoms with Gasteiger partial charge >= 0.3 is 0 Å². The Morgan fingerprint density at radius 1 is 1.16 bits per heavy atom. The molecule has 0 aliphatic carbocycles. The zero-order valence-corrected chi connectivity index (χ0v) is 16.8.